The van der Waals surface area contributed by atoms with Gasteiger partial charge < -0.3 is 10.0 Å². The van der Waals surface area contributed by atoms with Gasteiger partial charge >= 0.3 is 5.97 Å². The highest BCUT2D eigenvalue weighted by Crippen LogP contribution is 2.06. The van der Waals surface area contributed by atoms with Crippen molar-refractivity contribution in [3.63, 3.8) is 0 Å². The van der Waals surface area contributed by atoms with Crippen LogP contribution in [0.5, 0.6) is 0 Å². The zero-order chi connectivity index (χ0) is 10.4. The second kappa shape index (κ2) is 5.98. The molecule has 0 bridgehead atoms. The molecular weight excluding hydrogens is 180 g/mol. The highest BCUT2D eigenvalue weighted by molar-refractivity contribution is 5.69. The Labute approximate surface area is 85.5 Å². The third-order valence-electron chi connectivity index (χ3n) is 2.74. The fraction of sp³-hybridized carbons (Fsp3) is 0.900. The van der Waals surface area contributed by atoms with Crippen molar-refractivity contribution in [1.82, 2.24) is 9.80 Å². The van der Waals surface area contributed by atoms with Gasteiger partial charge in [0.1, 0.15) is 0 Å². The second-order valence-corrected chi connectivity index (χ2v) is 3.81. The Balaban J connectivity index is 2.15. The van der Waals surface area contributed by atoms with Crippen molar-refractivity contribution in [3.8, 4) is 0 Å². The smallest absolute Gasteiger partial charge is 0.317 e. The minimum absolute atomic E-state index is 0.171. The number of rotatable bonds is 6. The highest BCUT2D eigenvalue weighted by Gasteiger charge is 2.13. The molecule has 14 heavy (non-hydrogen) atoms. The number of carboxylic acids is 1. The van der Waals surface area contributed by atoms with E-state index in [-0.39, 0.29) is 6.54 Å². The molecule has 0 atom stereocenters. The average Bonchev–Trinajstić information content (AvgIpc) is 2.64. The third kappa shape index (κ3) is 4.07. The summed E-state index contributed by atoms with van der Waals surface area (Å²) in [5.41, 5.74) is 0. The largest absolute Gasteiger partial charge is 0.480 e. The van der Waals surface area contributed by atoms with Crippen molar-refractivity contribution in [2.45, 2.75) is 19.8 Å². The van der Waals surface area contributed by atoms with Gasteiger partial charge in [-0.1, -0.05) is 6.92 Å². The molecule has 0 radical (unpaired) electrons. The first-order valence-corrected chi connectivity index (χ1v) is 5.39. The van der Waals surface area contributed by atoms with Crippen LogP contribution in [-0.4, -0.2) is 60.1 Å². The van der Waals surface area contributed by atoms with E-state index in [2.05, 4.69) is 4.90 Å². The van der Waals surface area contributed by atoms with Crippen molar-refractivity contribution in [2.24, 2.45) is 0 Å². The number of nitrogens with zero attached hydrogens (tertiary/aromatic N) is 2. The summed E-state index contributed by atoms with van der Waals surface area (Å²) in [6, 6.07) is 0. The summed E-state index contributed by atoms with van der Waals surface area (Å²) >= 11 is 0. The standard InChI is InChI=1S/C10H20N2O2/c1-2-11(9-10(13)14)7-8-12-5-3-4-6-12/h2-9H2,1H3,(H,13,14). The molecule has 1 fully saturated rings. The van der Waals surface area contributed by atoms with Gasteiger partial charge in [0.05, 0.1) is 6.54 Å². The van der Waals surface area contributed by atoms with E-state index < -0.39 is 5.97 Å². The van der Waals surface area contributed by atoms with Crippen LogP contribution in [0.25, 0.3) is 0 Å². The van der Waals surface area contributed by atoms with Crippen LogP contribution < -0.4 is 0 Å². The van der Waals surface area contributed by atoms with Crippen LogP contribution in [0.3, 0.4) is 0 Å². The lowest BCUT2D eigenvalue weighted by Crippen LogP contribution is -2.36. The van der Waals surface area contributed by atoms with Gasteiger partial charge in [-0.3, -0.25) is 9.69 Å². The minimum atomic E-state index is -0.728. The summed E-state index contributed by atoms with van der Waals surface area (Å²) in [5, 5.41) is 8.65. The zero-order valence-corrected chi connectivity index (χ0v) is 8.91. The number of hydrogen-bond acceptors (Lipinski definition) is 3. The molecule has 1 heterocycles. The van der Waals surface area contributed by atoms with E-state index in [1.54, 1.807) is 0 Å². The monoisotopic (exact) mass is 200 g/mol. The van der Waals surface area contributed by atoms with Crippen LogP contribution in [0, 0.1) is 0 Å². The van der Waals surface area contributed by atoms with Gasteiger partial charge in [0.25, 0.3) is 0 Å². The third-order valence-corrected chi connectivity index (χ3v) is 2.74. The Bertz CT molecular complexity index is 179. The van der Waals surface area contributed by atoms with Crippen molar-refractivity contribution in [2.75, 3.05) is 39.3 Å². The predicted molar refractivity (Wildman–Crippen MR) is 55.4 cm³/mol. The number of hydrogen-bond donors (Lipinski definition) is 1. The van der Waals surface area contributed by atoms with Crippen LogP contribution in [0.2, 0.25) is 0 Å². The van der Waals surface area contributed by atoms with Gasteiger partial charge in [0.15, 0.2) is 0 Å². The number of likely N-dealkylation sites (tertiary alicyclic amines) is 1. The summed E-state index contributed by atoms with van der Waals surface area (Å²) in [5.74, 6) is -0.728. The Morgan fingerprint density at radius 1 is 1.43 bits per heavy atom. The van der Waals surface area contributed by atoms with E-state index in [1.807, 2.05) is 11.8 Å². The van der Waals surface area contributed by atoms with Gasteiger partial charge in [0, 0.05) is 13.1 Å². The number of likely N-dealkylation sites (N-methyl/N-ethyl adjacent to an activating group) is 1. The topological polar surface area (TPSA) is 43.8 Å². The van der Waals surface area contributed by atoms with Gasteiger partial charge in [-0.25, -0.2) is 0 Å². The van der Waals surface area contributed by atoms with E-state index in [0.29, 0.717) is 0 Å². The summed E-state index contributed by atoms with van der Waals surface area (Å²) in [6.07, 6.45) is 2.59. The lowest BCUT2D eigenvalue weighted by atomic mass is 10.4. The molecule has 0 aromatic heterocycles. The van der Waals surface area contributed by atoms with Crippen molar-refractivity contribution in [3.05, 3.63) is 0 Å². The fourth-order valence-corrected chi connectivity index (χ4v) is 1.83. The highest BCUT2D eigenvalue weighted by atomic mass is 16.4. The Kier molecular flexibility index (Phi) is 4.90. The zero-order valence-electron chi connectivity index (χ0n) is 8.91. The van der Waals surface area contributed by atoms with E-state index in [9.17, 15) is 4.79 Å². The van der Waals surface area contributed by atoms with Crippen LogP contribution in [0.15, 0.2) is 0 Å². The molecule has 1 aliphatic heterocycles. The lowest BCUT2D eigenvalue weighted by Gasteiger charge is -2.22. The lowest BCUT2D eigenvalue weighted by molar-refractivity contribution is -0.138. The molecule has 0 aromatic rings. The summed E-state index contributed by atoms with van der Waals surface area (Å²) < 4.78 is 0. The first kappa shape index (κ1) is 11.5. The molecule has 1 saturated heterocycles. The fourth-order valence-electron chi connectivity index (χ4n) is 1.83. The molecule has 1 N–H and O–H groups in total. The van der Waals surface area contributed by atoms with Gasteiger partial charge in [0.2, 0.25) is 0 Å². The Morgan fingerprint density at radius 3 is 2.57 bits per heavy atom. The first-order valence-electron chi connectivity index (χ1n) is 5.39. The summed E-state index contributed by atoms with van der Waals surface area (Å²) in [6.45, 7) is 7.26. The van der Waals surface area contributed by atoms with Crippen molar-refractivity contribution < 1.29 is 9.90 Å². The molecule has 1 aliphatic rings. The quantitative estimate of drug-likeness (QED) is 0.677. The molecule has 0 saturated carbocycles. The number of carboxylic acid groups (broad SMARTS) is 1. The summed E-state index contributed by atoms with van der Waals surface area (Å²) in [7, 11) is 0. The summed E-state index contributed by atoms with van der Waals surface area (Å²) in [4.78, 5) is 14.9. The van der Waals surface area contributed by atoms with E-state index in [4.69, 9.17) is 5.11 Å². The molecule has 1 rings (SSSR count). The SMILES string of the molecule is CCN(CCN1CCCC1)CC(=O)O. The van der Waals surface area contributed by atoms with Crippen LogP contribution in [0.4, 0.5) is 0 Å². The molecule has 0 unspecified atom stereocenters. The van der Waals surface area contributed by atoms with Crippen LogP contribution in [-0.2, 0) is 4.79 Å². The van der Waals surface area contributed by atoms with Crippen molar-refractivity contribution >= 4 is 5.97 Å². The molecule has 0 aliphatic carbocycles. The Hall–Kier alpha value is -0.610. The first-order chi connectivity index (χ1) is 6.72. The number of carbonyl (C=O) groups is 1. The minimum Gasteiger partial charge on any atom is -0.480 e. The van der Waals surface area contributed by atoms with Crippen LogP contribution in [0.1, 0.15) is 19.8 Å². The maximum absolute atomic E-state index is 10.5. The Morgan fingerprint density at radius 2 is 2.07 bits per heavy atom. The normalized spacial score (nSPS) is 17.9. The van der Waals surface area contributed by atoms with Gasteiger partial charge in [-0.15, -0.1) is 0 Å². The maximum atomic E-state index is 10.5. The van der Waals surface area contributed by atoms with Crippen molar-refractivity contribution in [1.29, 1.82) is 0 Å². The van der Waals surface area contributed by atoms with E-state index >= 15 is 0 Å². The second-order valence-electron chi connectivity index (χ2n) is 3.81. The van der Waals surface area contributed by atoms with Gasteiger partial charge in [-0.2, -0.15) is 0 Å². The molecular formula is C10H20N2O2. The molecule has 4 heteroatoms. The molecule has 0 aromatic carbocycles. The molecule has 4 nitrogen and oxygen atoms in total. The number of aliphatic carboxylic acids is 1. The van der Waals surface area contributed by atoms with Gasteiger partial charge in [-0.05, 0) is 32.5 Å². The average molecular weight is 200 g/mol. The molecule has 82 valence electrons. The van der Waals surface area contributed by atoms with E-state index in [1.165, 1.54) is 25.9 Å². The molecule has 0 spiro atoms. The van der Waals surface area contributed by atoms with E-state index in [0.717, 1.165) is 19.6 Å². The van der Waals surface area contributed by atoms with Crippen LogP contribution >= 0.6 is 0 Å². The predicted octanol–water partition coefficient (Wildman–Crippen LogP) is 0.489. The maximum Gasteiger partial charge on any atom is 0.317 e. The molecule has 0 amide bonds.